The SMILES string of the molecule is Cl.Cn1c(C(=O)N2CCC3NCCC3C2)ccc1[N+](=O)[O-]. The summed E-state index contributed by atoms with van der Waals surface area (Å²) in [4.78, 5) is 24.7. The second kappa shape index (κ2) is 6.03. The molecule has 2 unspecified atom stereocenters. The van der Waals surface area contributed by atoms with E-state index in [9.17, 15) is 14.9 Å². The molecule has 3 rings (SSSR count). The monoisotopic (exact) mass is 314 g/mol. The van der Waals surface area contributed by atoms with Crippen LogP contribution in [-0.2, 0) is 7.05 Å². The van der Waals surface area contributed by atoms with Gasteiger partial charge in [0.15, 0.2) is 5.69 Å². The van der Waals surface area contributed by atoms with Gasteiger partial charge < -0.3 is 20.3 Å². The number of hydrogen-bond acceptors (Lipinski definition) is 4. The number of rotatable bonds is 2. The molecule has 1 amide bonds. The van der Waals surface area contributed by atoms with Gasteiger partial charge in [0.25, 0.3) is 5.91 Å². The van der Waals surface area contributed by atoms with Crippen LogP contribution in [0.2, 0.25) is 0 Å². The summed E-state index contributed by atoms with van der Waals surface area (Å²) >= 11 is 0. The Balaban J connectivity index is 0.00000161. The second-order valence-electron chi connectivity index (χ2n) is 5.54. The number of halogens is 1. The van der Waals surface area contributed by atoms with Crippen LogP contribution in [0, 0.1) is 16.0 Å². The molecular weight excluding hydrogens is 296 g/mol. The summed E-state index contributed by atoms with van der Waals surface area (Å²) in [5.74, 6) is 0.361. The molecule has 2 atom stereocenters. The average molecular weight is 315 g/mol. The van der Waals surface area contributed by atoms with Gasteiger partial charge in [0.05, 0.1) is 7.05 Å². The molecule has 7 nitrogen and oxygen atoms in total. The second-order valence-corrected chi connectivity index (χ2v) is 5.54. The molecule has 2 aliphatic rings. The van der Waals surface area contributed by atoms with Crippen molar-refractivity contribution in [3.8, 4) is 0 Å². The molecule has 21 heavy (non-hydrogen) atoms. The molecule has 0 spiro atoms. The third kappa shape index (κ3) is 2.75. The average Bonchev–Trinajstić information content (AvgIpc) is 3.03. The molecule has 116 valence electrons. The minimum absolute atomic E-state index is 0. The molecule has 8 heteroatoms. The largest absolute Gasteiger partial charge is 0.358 e. The first-order valence-corrected chi connectivity index (χ1v) is 6.90. The zero-order valence-electron chi connectivity index (χ0n) is 11.8. The summed E-state index contributed by atoms with van der Waals surface area (Å²) in [7, 11) is 1.56. The molecule has 2 fully saturated rings. The lowest BCUT2D eigenvalue weighted by Crippen LogP contribution is -2.47. The number of hydrogen-bond donors (Lipinski definition) is 1. The molecule has 1 aromatic rings. The maximum Gasteiger partial charge on any atom is 0.323 e. The van der Waals surface area contributed by atoms with Crippen molar-refractivity contribution in [3.05, 3.63) is 27.9 Å². The lowest BCUT2D eigenvalue weighted by Gasteiger charge is -2.34. The van der Waals surface area contributed by atoms with E-state index in [0.29, 0.717) is 24.2 Å². The fourth-order valence-electron chi connectivity index (χ4n) is 3.29. The Labute approximate surface area is 128 Å². The molecule has 0 bridgehead atoms. The summed E-state index contributed by atoms with van der Waals surface area (Å²) in [6.45, 7) is 2.48. The molecule has 2 saturated heterocycles. The van der Waals surface area contributed by atoms with Gasteiger partial charge in [-0.15, -0.1) is 12.4 Å². The number of nitro groups is 1. The zero-order valence-corrected chi connectivity index (χ0v) is 12.6. The van der Waals surface area contributed by atoms with E-state index in [1.807, 2.05) is 4.90 Å². The number of piperidine rings is 1. The van der Waals surface area contributed by atoms with Crippen LogP contribution in [0.25, 0.3) is 0 Å². The quantitative estimate of drug-likeness (QED) is 0.656. The van der Waals surface area contributed by atoms with Crippen molar-refractivity contribution in [1.82, 2.24) is 14.8 Å². The third-order valence-electron chi connectivity index (χ3n) is 4.44. The van der Waals surface area contributed by atoms with E-state index in [1.54, 1.807) is 13.1 Å². The third-order valence-corrected chi connectivity index (χ3v) is 4.44. The molecule has 0 radical (unpaired) electrons. The van der Waals surface area contributed by atoms with Crippen molar-refractivity contribution < 1.29 is 9.72 Å². The standard InChI is InChI=1S/C13H18N4O3.ClH/c1-15-11(2-3-12(15)17(19)20)13(18)16-7-5-10-9(8-16)4-6-14-10;/h2-3,9-10,14H,4-8H2,1H3;1H. The first-order chi connectivity index (χ1) is 9.58. The van der Waals surface area contributed by atoms with Gasteiger partial charge in [-0.2, -0.15) is 0 Å². The van der Waals surface area contributed by atoms with Crippen molar-refractivity contribution in [2.45, 2.75) is 18.9 Å². The van der Waals surface area contributed by atoms with Crippen LogP contribution in [0.5, 0.6) is 0 Å². The molecule has 1 N–H and O–H groups in total. The Kier molecular flexibility index (Phi) is 4.53. The Morgan fingerprint density at radius 3 is 2.86 bits per heavy atom. The molecule has 2 aliphatic heterocycles. The van der Waals surface area contributed by atoms with Gasteiger partial charge in [-0.3, -0.25) is 4.79 Å². The summed E-state index contributed by atoms with van der Waals surface area (Å²) in [5.41, 5.74) is 0.390. The van der Waals surface area contributed by atoms with Gasteiger partial charge in [0.2, 0.25) is 0 Å². The lowest BCUT2D eigenvalue weighted by atomic mass is 9.93. The topological polar surface area (TPSA) is 80.4 Å². The van der Waals surface area contributed by atoms with Crippen LogP contribution in [-0.4, -0.2) is 46.0 Å². The number of nitrogens with zero attached hydrogens (tertiary/aromatic N) is 3. The maximum atomic E-state index is 12.5. The number of aromatic nitrogens is 1. The van der Waals surface area contributed by atoms with Crippen molar-refractivity contribution in [1.29, 1.82) is 0 Å². The number of amides is 1. The summed E-state index contributed by atoms with van der Waals surface area (Å²) < 4.78 is 1.36. The normalized spacial score (nSPS) is 24.3. The van der Waals surface area contributed by atoms with Crippen LogP contribution in [0.15, 0.2) is 12.1 Å². The van der Waals surface area contributed by atoms with Crippen LogP contribution in [0.3, 0.4) is 0 Å². The van der Waals surface area contributed by atoms with Gasteiger partial charge >= 0.3 is 5.82 Å². The van der Waals surface area contributed by atoms with Crippen LogP contribution < -0.4 is 5.32 Å². The van der Waals surface area contributed by atoms with Gasteiger partial charge in [-0.25, -0.2) is 4.57 Å². The van der Waals surface area contributed by atoms with Crippen LogP contribution in [0.4, 0.5) is 5.82 Å². The smallest absolute Gasteiger partial charge is 0.323 e. The first-order valence-electron chi connectivity index (χ1n) is 6.90. The summed E-state index contributed by atoms with van der Waals surface area (Å²) in [6, 6.07) is 3.46. The van der Waals surface area contributed by atoms with Crippen molar-refractivity contribution >= 4 is 24.1 Å². The maximum absolute atomic E-state index is 12.5. The number of carbonyl (C=O) groups excluding carboxylic acids is 1. The van der Waals surface area contributed by atoms with Gasteiger partial charge in [0, 0.05) is 25.2 Å². The summed E-state index contributed by atoms with van der Waals surface area (Å²) in [5, 5.41) is 14.3. The predicted molar refractivity (Wildman–Crippen MR) is 79.7 cm³/mol. The lowest BCUT2D eigenvalue weighted by molar-refractivity contribution is -0.391. The fourth-order valence-corrected chi connectivity index (χ4v) is 3.29. The zero-order chi connectivity index (χ0) is 14.3. The Hall–Kier alpha value is -1.60. The first kappa shape index (κ1) is 15.8. The number of nitrogens with one attached hydrogen (secondary N) is 1. The number of likely N-dealkylation sites (tertiary alicyclic amines) is 1. The van der Waals surface area contributed by atoms with Crippen molar-refractivity contribution in [3.63, 3.8) is 0 Å². The minimum atomic E-state index is -0.468. The van der Waals surface area contributed by atoms with E-state index in [1.165, 1.54) is 10.6 Å². The Morgan fingerprint density at radius 1 is 1.43 bits per heavy atom. The molecule has 1 aromatic heterocycles. The number of carbonyl (C=O) groups is 1. The van der Waals surface area contributed by atoms with Crippen LogP contribution >= 0.6 is 12.4 Å². The highest BCUT2D eigenvalue weighted by atomic mass is 35.5. The summed E-state index contributed by atoms with van der Waals surface area (Å²) in [6.07, 6.45) is 2.06. The predicted octanol–water partition coefficient (Wildman–Crippen LogP) is 1.18. The molecule has 0 aromatic carbocycles. The molecule has 3 heterocycles. The fraction of sp³-hybridized carbons (Fsp3) is 0.615. The Bertz CT molecular complexity index is 560. The van der Waals surface area contributed by atoms with E-state index < -0.39 is 4.92 Å². The molecular formula is C13H19ClN4O3. The van der Waals surface area contributed by atoms with Gasteiger partial charge in [-0.05, 0) is 36.3 Å². The van der Waals surface area contributed by atoms with Crippen molar-refractivity contribution in [2.75, 3.05) is 19.6 Å². The van der Waals surface area contributed by atoms with E-state index in [-0.39, 0.29) is 24.1 Å². The number of fused-ring (bicyclic) bond motifs is 1. The van der Waals surface area contributed by atoms with E-state index in [2.05, 4.69) is 5.32 Å². The minimum Gasteiger partial charge on any atom is -0.358 e. The highest BCUT2D eigenvalue weighted by Crippen LogP contribution is 2.26. The van der Waals surface area contributed by atoms with E-state index in [4.69, 9.17) is 0 Å². The Morgan fingerprint density at radius 2 is 2.19 bits per heavy atom. The highest BCUT2D eigenvalue weighted by Gasteiger charge is 2.36. The van der Waals surface area contributed by atoms with Gasteiger partial charge in [0.1, 0.15) is 0 Å². The van der Waals surface area contributed by atoms with E-state index >= 15 is 0 Å². The van der Waals surface area contributed by atoms with Crippen LogP contribution in [0.1, 0.15) is 23.3 Å². The van der Waals surface area contributed by atoms with E-state index in [0.717, 1.165) is 25.9 Å². The highest BCUT2D eigenvalue weighted by molar-refractivity contribution is 5.93. The van der Waals surface area contributed by atoms with Gasteiger partial charge in [-0.1, -0.05) is 0 Å². The molecule has 0 saturated carbocycles. The molecule has 0 aliphatic carbocycles. The van der Waals surface area contributed by atoms with Crippen molar-refractivity contribution in [2.24, 2.45) is 13.0 Å².